The number of halogens is 1. The Balaban J connectivity index is 1.30. The number of hydrogen-bond acceptors (Lipinski definition) is 8. The first kappa shape index (κ1) is 30.8. The minimum absolute atomic E-state index is 0.0236. The number of carbonyl (C=O) groups excluding carboxylic acids is 4. The maximum Gasteiger partial charge on any atom is 0.411 e. The van der Waals surface area contributed by atoms with Crippen LogP contribution in [0.15, 0.2) is 30.9 Å². The van der Waals surface area contributed by atoms with E-state index in [4.69, 9.17) is 9.47 Å². The number of hydrogen-bond donors (Lipinski definition) is 2. The highest BCUT2D eigenvalue weighted by Crippen LogP contribution is 2.47. The average molecular weight is 621 g/mol. The van der Waals surface area contributed by atoms with Gasteiger partial charge in [-0.3, -0.25) is 24.1 Å². The van der Waals surface area contributed by atoms with Crippen LogP contribution in [0.25, 0.3) is 0 Å². The van der Waals surface area contributed by atoms with Crippen molar-refractivity contribution in [3.05, 3.63) is 47.8 Å². The highest BCUT2D eigenvalue weighted by atomic mass is 32.2. The molecular weight excluding hydrogens is 583 g/mol. The maximum atomic E-state index is 14.2. The quantitative estimate of drug-likeness (QED) is 0.442. The third-order valence-corrected chi connectivity index (χ3v) is 10.7. The van der Waals surface area contributed by atoms with Crippen molar-refractivity contribution in [3.63, 3.8) is 0 Å². The number of benzene rings is 1. The summed E-state index contributed by atoms with van der Waals surface area (Å²) in [5.74, 6) is -2.55. The van der Waals surface area contributed by atoms with Crippen LogP contribution in [0.4, 0.5) is 14.0 Å². The van der Waals surface area contributed by atoms with Crippen LogP contribution in [0.5, 0.6) is 0 Å². The Bertz CT molecular complexity index is 1490. The van der Waals surface area contributed by atoms with Crippen LogP contribution in [0.1, 0.15) is 64.5 Å². The van der Waals surface area contributed by atoms with Gasteiger partial charge in [-0.25, -0.2) is 22.4 Å². The van der Waals surface area contributed by atoms with Crippen molar-refractivity contribution in [1.29, 1.82) is 0 Å². The summed E-state index contributed by atoms with van der Waals surface area (Å²) >= 11 is 0. The van der Waals surface area contributed by atoms with Crippen LogP contribution in [-0.2, 0) is 42.2 Å². The maximum absolute atomic E-state index is 14.2. The molecule has 0 spiro atoms. The molecule has 2 aliphatic carbocycles. The zero-order chi connectivity index (χ0) is 31.5. The number of fused-ring (bicyclic) bond motifs is 1. The van der Waals surface area contributed by atoms with Crippen LogP contribution in [0, 0.1) is 11.7 Å². The summed E-state index contributed by atoms with van der Waals surface area (Å²) < 4.78 is 51.9. The van der Waals surface area contributed by atoms with Gasteiger partial charge in [0.2, 0.25) is 15.9 Å². The van der Waals surface area contributed by atoms with E-state index in [1.54, 1.807) is 39.8 Å². The SMILES string of the molecule is C=C[C@@H]1C[C@]1(NC(=O)[C@@H]1C[C@@H](OC(=O)N2Cc3cccc(F)c3C2)CN1C(=O)OC(C)(C)C)C(=O)NS(=O)(=O)C1(C)CC1. The van der Waals surface area contributed by atoms with E-state index in [0.29, 0.717) is 24.0 Å². The molecule has 2 N–H and O–H groups in total. The predicted octanol–water partition coefficient (Wildman–Crippen LogP) is 2.72. The van der Waals surface area contributed by atoms with E-state index >= 15 is 0 Å². The zero-order valence-corrected chi connectivity index (χ0v) is 25.5. The van der Waals surface area contributed by atoms with Gasteiger partial charge in [-0.05, 0) is 58.6 Å². The van der Waals surface area contributed by atoms with Gasteiger partial charge < -0.3 is 14.8 Å². The van der Waals surface area contributed by atoms with Gasteiger partial charge in [-0.1, -0.05) is 18.2 Å². The molecule has 234 valence electrons. The fourth-order valence-corrected chi connectivity index (χ4v) is 6.81. The summed E-state index contributed by atoms with van der Waals surface area (Å²) in [5, 5.41) is 2.67. The highest BCUT2D eigenvalue weighted by molar-refractivity contribution is 7.91. The van der Waals surface area contributed by atoms with Crippen LogP contribution in [0.3, 0.4) is 0 Å². The second-order valence-corrected chi connectivity index (χ2v) is 15.2. The van der Waals surface area contributed by atoms with Gasteiger partial charge in [0.1, 0.15) is 29.1 Å². The van der Waals surface area contributed by atoms with Crippen molar-refractivity contribution >= 4 is 34.0 Å². The number of carbonyl (C=O) groups is 4. The molecule has 4 atom stereocenters. The number of nitrogens with one attached hydrogen (secondary N) is 2. The number of rotatable bonds is 7. The van der Waals surface area contributed by atoms with Gasteiger partial charge >= 0.3 is 12.2 Å². The summed E-state index contributed by atoms with van der Waals surface area (Å²) in [6.45, 7) is 10.2. The molecule has 5 rings (SSSR count). The molecule has 0 radical (unpaired) electrons. The number of likely N-dealkylation sites (tertiary alicyclic amines) is 1. The summed E-state index contributed by atoms with van der Waals surface area (Å²) in [5.41, 5.74) is -1.38. The summed E-state index contributed by atoms with van der Waals surface area (Å²) in [4.78, 5) is 55.6. The zero-order valence-electron chi connectivity index (χ0n) is 24.6. The normalized spacial score (nSPS) is 27.1. The van der Waals surface area contributed by atoms with Crippen molar-refractivity contribution in [2.75, 3.05) is 6.54 Å². The van der Waals surface area contributed by atoms with E-state index in [9.17, 15) is 32.0 Å². The van der Waals surface area contributed by atoms with Gasteiger partial charge in [0.15, 0.2) is 0 Å². The molecule has 2 saturated carbocycles. The molecule has 1 aromatic rings. The van der Waals surface area contributed by atoms with Gasteiger partial charge in [-0.15, -0.1) is 6.58 Å². The molecule has 12 nitrogen and oxygen atoms in total. The Morgan fingerprint density at radius 1 is 1.14 bits per heavy atom. The first-order valence-corrected chi connectivity index (χ1v) is 15.7. The van der Waals surface area contributed by atoms with Gasteiger partial charge in [-0.2, -0.15) is 0 Å². The van der Waals surface area contributed by atoms with E-state index in [-0.39, 0.29) is 32.5 Å². The summed E-state index contributed by atoms with van der Waals surface area (Å²) in [6, 6.07) is 3.42. The van der Waals surface area contributed by atoms with Crippen LogP contribution >= 0.6 is 0 Å². The molecule has 43 heavy (non-hydrogen) atoms. The van der Waals surface area contributed by atoms with Gasteiger partial charge in [0.25, 0.3) is 5.91 Å². The van der Waals surface area contributed by atoms with Crippen LogP contribution in [-0.4, -0.2) is 76.8 Å². The Kier molecular flexibility index (Phi) is 7.51. The Morgan fingerprint density at radius 2 is 1.84 bits per heavy atom. The van der Waals surface area contributed by atoms with Crippen molar-refractivity contribution in [2.24, 2.45) is 5.92 Å². The lowest BCUT2D eigenvalue weighted by atomic mass is 10.1. The highest BCUT2D eigenvalue weighted by Gasteiger charge is 2.63. The van der Waals surface area contributed by atoms with E-state index in [2.05, 4.69) is 16.6 Å². The van der Waals surface area contributed by atoms with Crippen LogP contribution in [0.2, 0.25) is 0 Å². The van der Waals surface area contributed by atoms with Gasteiger partial charge in [0.05, 0.1) is 17.8 Å². The standard InChI is InChI=1S/C29H37FN4O8S/c1-6-18-13-29(18,24(36)32-43(39,40)28(5)10-11-28)31-23(35)22-12-19(15-34(22)26(38)42-27(2,3)4)41-25(37)33-14-17-8-7-9-21(30)20(17)16-33/h6-9,18-19,22H,1,10-16H2,2-5H3,(H,31,35)(H,32,36)/t18-,19-,22+,29-/m1/s1. The monoisotopic (exact) mass is 620 g/mol. The molecule has 0 unspecified atom stereocenters. The third kappa shape index (κ3) is 5.93. The van der Waals surface area contributed by atoms with Crippen molar-refractivity contribution in [1.82, 2.24) is 19.8 Å². The lowest BCUT2D eigenvalue weighted by molar-refractivity contribution is -0.131. The molecule has 1 saturated heterocycles. The molecule has 4 aliphatic rings. The predicted molar refractivity (Wildman–Crippen MR) is 151 cm³/mol. The fourth-order valence-electron chi connectivity index (χ4n) is 5.50. The summed E-state index contributed by atoms with van der Waals surface area (Å²) in [7, 11) is -3.97. The van der Waals surface area contributed by atoms with Crippen molar-refractivity contribution in [2.45, 2.75) is 94.5 Å². The summed E-state index contributed by atoms with van der Waals surface area (Å²) in [6.07, 6.45) is -0.110. The molecule has 0 bridgehead atoms. The Morgan fingerprint density at radius 3 is 2.42 bits per heavy atom. The minimum atomic E-state index is -3.97. The van der Waals surface area contributed by atoms with E-state index < -0.39 is 73.8 Å². The molecule has 1 aromatic carbocycles. The Labute approximate surface area is 250 Å². The Hall–Kier alpha value is -3.68. The molecule has 0 aromatic heterocycles. The second kappa shape index (κ2) is 10.5. The fraction of sp³-hybridized carbons (Fsp3) is 0.586. The number of nitrogens with zero attached hydrogens (tertiary/aromatic N) is 2. The van der Waals surface area contributed by atoms with Crippen molar-refractivity contribution < 1.29 is 41.5 Å². The topological polar surface area (TPSA) is 151 Å². The van der Waals surface area contributed by atoms with E-state index in [1.807, 2.05) is 0 Å². The number of ether oxygens (including phenoxy) is 2. The molecule has 4 amide bonds. The van der Waals surface area contributed by atoms with Gasteiger partial charge in [0, 0.05) is 24.4 Å². The lowest BCUT2D eigenvalue weighted by Crippen LogP contribution is -2.57. The average Bonchev–Trinajstić information content (AvgIpc) is 3.70. The molecule has 2 aliphatic heterocycles. The molecule has 2 heterocycles. The van der Waals surface area contributed by atoms with E-state index in [0.717, 1.165) is 4.90 Å². The smallest absolute Gasteiger partial charge is 0.411 e. The van der Waals surface area contributed by atoms with Crippen LogP contribution < -0.4 is 10.0 Å². The first-order valence-electron chi connectivity index (χ1n) is 14.2. The molecule has 3 fully saturated rings. The second-order valence-electron chi connectivity index (χ2n) is 13.0. The minimum Gasteiger partial charge on any atom is -0.444 e. The van der Waals surface area contributed by atoms with Crippen molar-refractivity contribution in [3.8, 4) is 0 Å². The molecular formula is C29H37FN4O8S. The number of amides is 4. The largest absolute Gasteiger partial charge is 0.444 e. The number of sulfonamides is 1. The van der Waals surface area contributed by atoms with E-state index in [1.165, 1.54) is 17.0 Å². The lowest BCUT2D eigenvalue weighted by Gasteiger charge is -2.29. The molecule has 14 heteroatoms. The first-order chi connectivity index (χ1) is 20.0. The third-order valence-electron chi connectivity index (χ3n) is 8.53.